The van der Waals surface area contributed by atoms with E-state index in [9.17, 15) is 105 Å². The maximum absolute atomic E-state index is 14.8. The van der Waals surface area contributed by atoms with Crippen molar-refractivity contribution < 1.29 is 105 Å². The first-order chi connectivity index (χ1) is 50.6. The zero-order valence-corrected chi connectivity index (χ0v) is 53.4. The smallest absolute Gasteiger partial charge is 0.309 e. The minimum Gasteiger partial charge on any atom is -0.309 e. The third-order valence-electron chi connectivity index (χ3n) is 18.8. The summed E-state index contributed by atoms with van der Waals surface area (Å²) in [4.78, 5) is 14.7. The number of nitrogens with zero attached hydrogens (tertiary/aromatic N) is 7. The fourth-order valence-electron chi connectivity index (χ4n) is 14.0. The summed E-state index contributed by atoms with van der Waals surface area (Å²) < 4.78 is 357. The average Bonchev–Trinajstić information content (AvgIpc) is 1.56. The fraction of sp³-hybridized carbons (Fsp3) is 0.104. The highest BCUT2D eigenvalue weighted by atomic mass is 19.4. The van der Waals surface area contributed by atoms with E-state index in [4.69, 9.17) is 15.0 Å². The van der Waals surface area contributed by atoms with E-state index in [1.165, 1.54) is 78.9 Å². The van der Waals surface area contributed by atoms with Crippen molar-refractivity contribution in [1.29, 1.82) is 0 Å². The number of hydrogen-bond donors (Lipinski definition) is 0. The molecule has 0 aliphatic carbocycles. The Kier molecular flexibility index (Phi) is 15.4. The summed E-state index contributed by atoms with van der Waals surface area (Å²) in [5.41, 5.74) is -13.4. The van der Waals surface area contributed by atoms with E-state index < -0.39 is 127 Å². The van der Waals surface area contributed by atoms with Crippen molar-refractivity contribution in [3.05, 3.63) is 257 Å². The Morgan fingerprint density at radius 3 is 0.611 bits per heavy atom. The molecule has 546 valence electrons. The number of aromatic nitrogens is 7. The molecule has 11 aromatic carbocycles. The molecule has 0 amide bonds. The Morgan fingerprint density at radius 2 is 0.398 bits per heavy atom. The lowest BCUT2D eigenvalue weighted by Crippen LogP contribution is -2.08. The highest BCUT2D eigenvalue weighted by molar-refractivity contribution is 6.14. The van der Waals surface area contributed by atoms with Crippen LogP contribution in [0.3, 0.4) is 0 Å². The summed E-state index contributed by atoms with van der Waals surface area (Å²) in [7, 11) is 0. The third kappa shape index (κ3) is 11.8. The van der Waals surface area contributed by atoms with Crippen LogP contribution in [0.4, 0.5) is 105 Å². The number of hydrogen-bond acceptors (Lipinski definition) is 3. The molecule has 31 heteroatoms. The van der Waals surface area contributed by atoms with E-state index in [1.54, 1.807) is 6.07 Å². The summed E-state index contributed by atoms with van der Waals surface area (Å²) >= 11 is 0. The Bertz CT molecular complexity index is 5780. The predicted molar refractivity (Wildman–Crippen MR) is 354 cm³/mol. The first-order valence-electron chi connectivity index (χ1n) is 31.6. The minimum atomic E-state index is -5.13. The number of benzene rings is 11. The van der Waals surface area contributed by atoms with Crippen LogP contribution in [-0.4, -0.2) is 33.2 Å². The van der Waals surface area contributed by atoms with Gasteiger partial charge < -0.3 is 18.3 Å². The van der Waals surface area contributed by atoms with Crippen molar-refractivity contribution in [2.75, 3.05) is 0 Å². The van der Waals surface area contributed by atoms with Crippen LogP contribution in [0, 0.1) is 0 Å². The van der Waals surface area contributed by atoms with E-state index in [-0.39, 0.29) is 111 Å². The lowest BCUT2D eigenvalue weighted by Gasteiger charge is -2.19. The molecule has 7 nitrogen and oxygen atoms in total. The summed E-state index contributed by atoms with van der Waals surface area (Å²) in [6.45, 7) is 0. The van der Waals surface area contributed by atoms with Gasteiger partial charge in [0.25, 0.3) is 0 Å². The molecule has 0 aliphatic heterocycles. The van der Waals surface area contributed by atoms with Crippen molar-refractivity contribution in [1.82, 2.24) is 33.2 Å². The standard InChI is InChI=1S/C77H35F24N7/c78-70(79,80)37-6-18-57-49(26-37)50-27-38(71(81,82)83)7-19-58(50)105(57)45-14-16-47(65(34-45)107-61-22-10-41(74(90,91)92)30-53(61)54-31-42(75(93,94)95)11-23-62(54)107)68-102-67(36-4-2-1-3-5-36)103-69(104-68)48-17-15-46(106-59-20-8-39(72(84,85)86)28-51(59)52-29-40(73(87,88)89)9-21-60(52)106)35-66(48)108-63-24-12-43(76(96,97)98)32-55(63)56-33-44(77(99,100)101)13-25-64(56)108/h1-35H. The number of halogens is 24. The molecule has 0 radical (unpaired) electrons. The van der Waals surface area contributed by atoms with Gasteiger partial charge in [-0.05, 0) is 182 Å². The highest BCUT2D eigenvalue weighted by Gasteiger charge is 2.40. The topological polar surface area (TPSA) is 58.4 Å². The van der Waals surface area contributed by atoms with Crippen LogP contribution in [0.15, 0.2) is 212 Å². The molecule has 0 saturated carbocycles. The Hall–Kier alpha value is -12.1. The fourth-order valence-corrected chi connectivity index (χ4v) is 14.0. The SMILES string of the molecule is FC(F)(F)c1ccc2c(c1)c1cc(C(F)(F)F)ccc1n2-c1ccc(-c2nc(-c3ccccc3)nc(-c3ccc(-n4c5ccc(C(F)(F)F)cc5c5cc(C(F)(F)F)ccc54)cc3-n3c4ccc(C(F)(F)F)cc4c4cc(C(F)(F)F)ccc43)n2)c(-n2c3ccc(C(F)(F)F)cc3c3cc(C(F)(F)F)ccc32)c1. The molecule has 0 aliphatic rings. The van der Waals surface area contributed by atoms with Gasteiger partial charge in [0, 0.05) is 71.2 Å². The van der Waals surface area contributed by atoms with Gasteiger partial charge in [-0.25, -0.2) is 15.0 Å². The van der Waals surface area contributed by atoms with E-state index in [1.807, 2.05) is 0 Å². The highest BCUT2D eigenvalue weighted by Crippen LogP contribution is 2.49. The van der Waals surface area contributed by atoms with Gasteiger partial charge in [-0.2, -0.15) is 105 Å². The van der Waals surface area contributed by atoms with Crippen LogP contribution >= 0.6 is 0 Å². The van der Waals surface area contributed by atoms with Gasteiger partial charge in [-0.3, -0.25) is 0 Å². The summed E-state index contributed by atoms with van der Waals surface area (Å²) in [5, 5.41) is -3.32. The van der Waals surface area contributed by atoms with Crippen LogP contribution in [0.1, 0.15) is 44.5 Å². The van der Waals surface area contributed by atoms with Crippen LogP contribution in [0.2, 0.25) is 0 Å². The summed E-state index contributed by atoms with van der Waals surface area (Å²) in [6.07, 6.45) is -40.7. The van der Waals surface area contributed by atoms with Crippen LogP contribution in [0.25, 0.3) is 144 Å². The molecule has 0 saturated heterocycles. The lowest BCUT2D eigenvalue weighted by molar-refractivity contribution is -0.138. The van der Waals surface area contributed by atoms with Gasteiger partial charge in [-0.15, -0.1) is 0 Å². The van der Waals surface area contributed by atoms with E-state index in [0.717, 1.165) is 48.5 Å². The molecule has 16 rings (SSSR count). The molecule has 5 aromatic heterocycles. The predicted octanol–water partition coefficient (Wildman–Crippen LogP) is 25.4. The first-order valence-corrected chi connectivity index (χ1v) is 31.6. The minimum absolute atomic E-state index is 0.138. The number of rotatable bonds is 7. The second-order valence-electron chi connectivity index (χ2n) is 25.3. The van der Waals surface area contributed by atoms with Crippen LogP contribution in [-0.2, 0) is 49.4 Å². The molecule has 0 N–H and O–H groups in total. The maximum atomic E-state index is 14.8. The molecule has 16 aromatic rings. The number of alkyl halides is 24. The Labute approximate surface area is 587 Å². The lowest BCUT2D eigenvalue weighted by atomic mass is 10.1. The van der Waals surface area contributed by atoms with E-state index in [0.29, 0.717) is 97.1 Å². The molecular weight excluding hydrogens is 1480 g/mol. The third-order valence-corrected chi connectivity index (χ3v) is 18.8. The first kappa shape index (κ1) is 70.3. The zero-order valence-electron chi connectivity index (χ0n) is 53.4. The van der Waals surface area contributed by atoms with Crippen molar-refractivity contribution in [2.24, 2.45) is 0 Å². The second-order valence-corrected chi connectivity index (χ2v) is 25.3. The molecular formula is C77H35F24N7. The average molecular weight is 1510 g/mol. The van der Waals surface area contributed by atoms with Crippen molar-refractivity contribution in [3.8, 4) is 56.9 Å². The Balaban J connectivity index is 1.03. The maximum Gasteiger partial charge on any atom is 0.416 e. The molecule has 0 atom stereocenters. The molecule has 0 spiro atoms. The molecule has 108 heavy (non-hydrogen) atoms. The van der Waals surface area contributed by atoms with Gasteiger partial charge in [-0.1, -0.05) is 30.3 Å². The van der Waals surface area contributed by atoms with Crippen molar-refractivity contribution in [2.45, 2.75) is 49.4 Å². The molecule has 0 bridgehead atoms. The van der Waals surface area contributed by atoms with Crippen molar-refractivity contribution in [3.63, 3.8) is 0 Å². The van der Waals surface area contributed by atoms with E-state index in [2.05, 4.69) is 0 Å². The van der Waals surface area contributed by atoms with Gasteiger partial charge in [0.05, 0.1) is 100 Å². The van der Waals surface area contributed by atoms with Gasteiger partial charge in [0.2, 0.25) is 0 Å². The zero-order chi connectivity index (χ0) is 76.8. The largest absolute Gasteiger partial charge is 0.416 e. The van der Waals surface area contributed by atoms with Crippen LogP contribution in [0.5, 0.6) is 0 Å². The number of fused-ring (bicyclic) bond motifs is 12. The molecule has 5 heterocycles. The second kappa shape index (κ2) is 23.7. The van der Waals surface area contributed by atoms with Gasteiger partial charge in [0.15, 0.2) is 17.5 Å². The quantitative estimate of drug-likeness (QED) is 0.149. The van der Waals surface area contributed by atoms with Gasteiger partial charge >= 0.3 is 49.4 Å². The summed E-state index contributed by atoms with van der Waals surface area (Å²) in [5.74, 6) is -1.25. The monoisotopic (exact) mass is 1510 g/mol. The van der Waals surface area contributed by atoms with E-state index >= 15 is 0 Å². The Morgan fingerprint density at radius 1 is 0.194 bits per heavy atom. The van der Waals surface area contributed by atoms with Gasteiger partial charge in [0.1, 0.15) is 0 Å². The molecule has 0 fully saturated rings. The molecule has 0 unspecified atom stereocenters. The van der Waals surface area contributed by atoms with Crippen LogP contribution < -0.4 is 0 Å². The summed E-state index contributed by atoms with van der Waals surface area (Å²) in [6, 6.07) is 32.3. The van der Waals surface area contributed by atoms with Crippen molar-refractivity contribution >= 4 is 87.2 Å². The normalized spacial score (nSPS) is 13.4.